The molecule has 2 N–H and O–H groups in total. The van der Waals surface area contributed by atoms with E-state index in [-0.39, 0.29) is 50.7 Å². The Morgan fingerprint density at radius 1 is 1.02 bits per heavy atom. The molecule has 4 rings (SSSR count). The number of nitrogens with two attached hydrogens (primary N) is 1. The predicted molar refractivity (Wildman–Crippen MR) is 148 cm³/mol. The molecule has 0 spiro atoms. The highest BCUT2D eigenvalue weighted by Gasteiger charge is 2.41. The Kier molecular flexibility index (Phi) is 9.10. The minimum Gasteiger partial charge on any atom is -0.398 e. The Balaban J connectivity index is 1.53. The van der Waals surface area contributed by atoms with E-state index in [2.05, 4.69) is 0 Å². The lowest BCUT2D eigenvalue weighted by Crippen LogP contribution is -2.55. The molecule has 0 radical (unpaired) electrons. The number of benzene rings is 2. The number of likely N-dealkylation sites (tertiary alicyclic amines) is 1. The van der Waals surface area contributed by atoms with Gasteiger partial charge >= 0.3 is 12.2 Å². The second-order valence-electron chi connectivity index (χ2n) is 10.5. The van der Waals surface area contributed by atoms with E-state index in [1.54, 1.807) is 29.0 Å². The summed E-state index contributed by atoms with van der Waals surface area (Å²) in [4.78, 5) is 18.7. The number of urea groups is 1. The van der Waals surface area contributed by atoms with E-state index < -0.39 is 27.8 Å². The summed E-state index contributed by atoms with van der Waals surface area (Å²) in [7, 11) is 1.09. The van der Waals surface area contributed by atoms with Crippen LogP contribution in [-0.4, -0.2) is 104 Å². The number of hydrogen-bond donors (Lipinski definition) is 1. The number of amides is 2. The fourth-order valence-corrected chi connectivity index (χ4v) is 6.55. The molecule has 0 bridgehead atoms. The Bertz CT molecular complexity index is 1390. The van der Waals surface area contributed by atoms with Gasteiger partial charge in [0.15, 0.2) is 0 Å². The van der Waals surface area contributed by atoms with Gasteiger partial charge in [-0.2, -0.15) is 30.2 Å². The normalized spacial score (nSPS) is 20.8. The van der Waals surface area contributed by atoms with Crippen LogP contribution in [0.15, 0.2) is 36.4 Å². The molecule has 2 aromatic rings. The van der Waals surface area contributed by atoms with Crippen molar-refractivity contribution >= 4 is 33.5 Å². The third-order valence-electron chi connectivity index (χ3n) is 7.64. The van der Waals surface area contributed by atoms with Crippen LogP contribution in [0.5, 0.6) is 0 Å². The maximum absolute atomic E-state index is 14.2. The first-order valence-corrected chi connectivity index (χ1v) is 14.7. The fourth-order valence-electron chi connectivity index (χ4n) is 5.34. The Morgan fingerprint density at radius 3 is 2.24 bits per heavy atom. The first kappa shape index (κ1) is 31.3. The summed E-state index contributed by atoms with van der Waals surface area (Å²) in [5, 5.41) is 0.385. The lowest BCUT2D eigenvalue weighted by atomic mass is 9.92. The van der Waals surface area contributed by atoms with E-state index in [4.69, 9.17) is 17.3 Å². The van der Waals surface area contributed by atoms with Crippen LogP contribution in [0.2, 0.25) is 5.02 Å². The molecule has 0 unspecified atom stereocenters. The molecule has 0 saturated carbocycles. The number of nitrogens with zero attached hydrogens (tertiary/aromatic N) is 5. The van der Waals surface area contributed by atoms with Gasteiger partial charge in [-0.15, -0.1) is 0 Å². The molecule has 2 aliphatic heterocycles. The van der Waals surface area contributed by atoms with Crippen molar-refractivity contribution in [3.8, 4) is 0 Å². The zero-order chi connectivity index (χ0) is 30.3. The van der Waals surface area contributed by atoms with E-state index in [9.17, 15) is 30.8 Å². The fraction of sp³-hybridized carbons (Fsp3) is 0.500. The van der Waals surface area contributed by atoms with Gasteiger partial charge in [0.2, 0.25) is 0 Å². The minimum absolute atomic E-state index is 0.141. The van der Waals surface area contributed by atoms with Crippen LogP contribution in [0.4, 0.5) is 28.0 Å². The summed E-state index contributed by atoms with van der Waals surface area (Å²) in [6.07, 6.45) is -4.79. The summed E-state index contributed by atoms with van der Waals surface area (Å²) < 4.78 is 80.7. The molecule has 9 nitrogen and oxygen atoms in total. The number of rotatable bonds is 6. The van der Waals surface area contributed by atoms with Gasteiger partial charge in [0.25, 0.3) is 10.2 Å². The molecule has 2 aliphatic rings. The van der Waals surface area contributed by atoms with Crippen molar-refractivity contribution in [1.82, 2.24) is 23.3 Å². The predicted octanol–water partition coefficient (Wildman–Crippen LogP) is 3.52. The molecule has 226 valence electrons. The second kappa shape index (κ2) is 11.9. The van der Waals surface area contributed by atoms with Gasteiger partial charge in [-0.25, -0.2) is 9.18 Å². The maximum atomic E-state index is 14.2. The molecule has 2 aromatic carbocycles. The van der Waals surface area contributed by atoms with Crippen LogP contribution in [0.25, 0.3) is 0 Å². The van der Waals surface area contributed by atoms with Gasteiger partial charge in [-0.3, -0.25) is 4.90 Å². The molecule has 0 aromatic heterocycles. The van der Waals surface area contributed by atoms with Crippen molar-refractivity contribution in [2.75, 3.05) is 66.1 Å². The zero-order valence-corrected chi connectivity index (χ0v) is 24.5. The highest BCUT2D eigenvalue weighted by atomic mass is 35.5. The summed E-state index contributed by atoms with van der Waals surface area (Å²) in [6, 6.07) is 7.58. The van der Waals surface area contributed by atoms with E-state index in [0.717, 1.165) is 22.0 Å². The number of piperazine rings is 1. The maximum Gasteiger partial charge on any atom is 0.419 e. The monoisotopic (exact) mass is 620 g/mol. The molecule has 41 heavy (non-hydrogen) atoms. The summed E-state index contributed by atoms with van der Waals surface area (Å²) in [5.74, 6) is -1.57. The molecule has 2 amide bonds. The van der Waals surface area contributed by atoms with Crippen LogP contribution in [0.3, 0.4) is 0 Å². The Morgan fingerprint density at radius 2 is 1.68 bits per heavy atom. The summed E-state index contributed by atoms with van der Waals surface area (Å²) in [6.45, 7) is 1.55. The standard InChI is InChI=1S/C26H33ClF4N6O3S/c1-33(2)41(39,40)37-10-8-35(9-11-37)25(38)36-15-19(18-5-7-21(27)23(32)13-18)24(16-36)34(3)14-17-4-6-20(22(28)12-17)26(29,30)31/h4-7,12-13,19,24H,8-11,14-16,32H2,1-3H3/t19-,24+/m1/s1. The molecule has 0 aliphatic carbocycles. The number of carbonyl (C=O) groups is 1. The Hall–Kier alpha value is -2.65. The van der Waals surface area contributed by atoms with Crippen molar-refractivity contribution in [1.29, 1.82) is 0 Å². The van der Waals surface area contributed by atoms with Crippen molar-refractivity contribution in [3.63, 3.8) is 0 Å². The lowest BCUT2D eigenvalue weighted by Gasteiger charge is -2.37. The van der Waals surface area contributed by atoms with Crippen molar-refractivity contribution < 1.29 is 30.8 Å². The molecule has 2 atom stereocenters. The number of alkyl halides is 3. The largest absolute Gasteiger partial charge is 0.419 e. The average Bonchev–Trinajstić information content (AvgIpc) is 3.35. The zero-order valence-electron chi connectivity index (χ0n) is 22.9. The highest BCUT2D eigenvalue weighted by Crippen LogP contribution is 2.36. The number of carbonyl (C=O) groups excluding carboxylic acids is 1. The molecule has 2 saturated heterocycles. The van der Waals surface area contributed by atoms with Gasteiger partial charge in [-0.05, 0) is 42.4 Å². The minimum atomic E-state index is -4.79. The van der Waals surface area contributed by atoms with Crippen molar-refractivity contribution in [2.45, 2.75) is 24.7 Å². The third kappa shape index (κ3) is 6.72. The van der Waals surface area contributed by atoms with E-state index in [1.807, 2.05) is 11.0 Å². The average molecular weight is 621 g/mol. The summed E-state index contributed by atoms with van der Waals surface area (Å²) in [5.41, 5.74) is 6.29. The van der Waals surface area contributed by atoms with Crippen LogP contribution < -0.4 is 5.73 Å². The summed E-state index contributed by atoms with van der Waals surface area (Å²) >= 11 is 6.13. The first-order valence-electron chi connectivity index (χ1n) is 12.9. The number of halogens is 5. The number of anilines is 1. The second-order valence-corrected chi connectivity index (χ2v) is 13.1. The molecular formula is C26H33ClF4N6O3S. The van der Waals surface area contributed by atoms with E-state index in [1.165, 1.54) is 24.5 Å². The van der Waals surface area contributed by atoms with Crippen LogP contribution in [0.1, 0.15) is 22.6 Å². The van der Waals surface area contributed by atoms with Gasteiger partial charge in [0, 0.05) is 71.9 Å². The van der Waals surface area contributed by atoms with Crippen LogP contribution in [-0.2, 0) is 22.9 Å². The third-order valence-corrected chi connectivity index (χ3v) is 9.93. The molecule has 2 fully saturated rings. The van der Waals surface area contributed by atoms with Crippen molar-refractivity contribution in [2.24, 2.45) is 0 Å². The van der Waals surface area contributed by atoms with Crippen LogP contribution >= 0.6 is 11.6 Å². The number of hydrogen-bond acceptors (Lipinski definition) is 5. The number of likely N-dealkylation sites (N-methyl/N-ethyl adjacent to an activating group) is 1. The van der Waals surface area contributed by atoms with Crippen molar-refractivity contribution in [3.05, 3.63) is 63.9 Å². The number of nitrogen functional groups attached to an aromatic ring is 1. The van der Waals surface area contributed by atoms with Gasteiger partial charge < -0.3 is 15.5 Å². The quantitative estimate of drug-likeness (QED) is 0.394. The Labute approximate surface area is 242 Å². The molecule has 2 heterocycles. The van der Waals surface area contributed by atoms with Gasteiger partial charge in [0.05, 0.1) is 16.3 Å². The SMILES string of the molecule is CN(Cc1ccc(C(F)(F)F)c(F)c1)[C@H]1CN(C(=O)N2CCN(S(=O)(=O)N(C)C)CC2)C[C@@H]1c1ccc(Cl)c(N)c1. The smallest absolute Gasteiger partial charge is 0.398 e. The highest BCUT2D eigenvalue weighted by molar-refractivity contribution is 7.86. The van der Waals surface area contributed by atoms with E-state index >= 15 is 0 Å². The lowest BCUT2D eigenvalue weighted by molar-refractivity contribution is -0.140. The first-order chi connectivity index (χ1) is 19.1. The van der Waals surface area contributed by atoms with Gasteiger partial charge in [-0.1, -0.05) is 23.7 Å². The topological polar surface area (TPSA) is 93.4 Å². The molecular weight excluding hydrogens is 588 g/mol. The van der Waals surface area contributed by atoms with E-state index in [0.29, 0.717) is 29.4 Å². The van der Waals surface area contributed by atoms with Gasteiger partial charge in [0.1, 0.15) is 5.82 Å². The molecule has 15 heteroatoms. The van der Waals surface area contributed by atoms with Crippen LogP contribution in [0, 0.1) is 5.82 Å².